The predicted octanol–water partition coefficient (Wildman–Crippen LogP) is 4.19. The van der Waals surface area contributed by atoms with Crippen molar-refractivity contribution in [2.45, 2.75) is 30.6 Å². The van der Waals surface area contributed by atoms with Gasteiger partial charge in [0.15, 0.2) is 0 Å². The van der Waals surface area contributed by atoms with Crippen molar-refractivity contribution in [1.29, 1.82) is 0 Å². The maximum absolute atomic E-state index is 11.4. The second-order valence-electron chi connectivity index (χ2n) is 4.15. The number of rotatable bonds is 4. The Bertz CT molecular complexity index is 361. The van der Waals surface area contributed by atoms with E-state index in [4.69, 9.17) is 11.6 Å². The third-order valence-electron chi connectivity index (χ3n) is 2.98. The van der Waals surface area contributed by atoms with Gasteiger partial charge in [-0.2, -0.15) is 0 Å². The molecule has 1 saturated carbocycles. The summed E-state index contributed by atoms with van der Waals surface area (Å²) < 4.78 is 0. The highest BCUT2D eigenvalue weighted by molar-refractivity contribution is 7.99. The van der Waals surface area contributed by atoms with Gasteiger partial charge in [-0.05, 0) is 49.3 Å². The van der Waals surface area contributed by atoms with Crippen LogP contribution in [0.2, 0.25) is 5.02 Å². The van der Waals surface area contributed by atoms with Gasteiger partial charge in [0.1, 0.15) is 5.78 Å². The van der Waals surface area contributed by atoms with Gasteiger partial charge in [-0.3, -0.25) is 4.79 Å². The van der Waals surface area contributed by atoms with Crippen LogP contribution in [-0.2, 0) is 4.79 Å². The van der Waals surface area contributed by atoms with Gasteiger partial charge < -0.3 is 0 Å². The zero-order chi connectivity index (χ0) is 11.4. The van der Waals surface area contributed by atoms with Gasteiger partial charge in [-0.25, -0.2) is 0 Å². The number of carbonyl (C=O) groups is 1. The van der Waals surface area contributed by atoms with Crippen molar-refractivity contribution in [2.24, 2.45) is 5.92 Å². The minimum atomic E-state index is 0.333. The number of Topliss-reactive ketones (excluding diaryl/α,β-unsaturated/α-hetero) is 1. The van der Waals surface area contributed by atoms with E-state index in [-0.39, 0.29) is 0 Å². The lowest BCUT2D eigenvalue weighted by atomic mass is 10.1. The van der Waals surface area contributed by atoms with Crippen molar-refractivity contribution in [1.82, 2.24) is 0 Å². The van der Waals surface area contributed by atoms with E-state index in [1.54, 1.807) is 0 Å². The molecule has 0 N–H and O–H groups in total. The zero-order valence-electron chi connectivity index (χ0n) is 9.12. The molecule has 2 rings (SSSR count). The van der Waals surface area contributed by atoms with Crippen LogP contribution in [0.3, 0.4) is 0 Å². The first-order chi connectivity index (χ1) is 7.75. The maximum atomic E-state index is 11.4. The smallest absolute Gasteiger partial charge is 0.136 e. The fourth-order valence-corrected chi connectivity index (χ4v) is 3.14. The number of thioether (sulfide) groups is 1. The Morgan fingerprint density at radius 3 is 2.69 bits per heavy atom. The molecule has 0 saturated heterocycles. The lowest BCUT2D eigenvalue weighted by Gasteiger charge is -2.07. The van der Waals surface area contributed by atoms with Gasteiger partial charge in [0.2, 0.25) is 0 Å². The Morgan fingerprint density at radius 2 is 2.06 bits per heavy atom. The lowest BCUT2D eigenvalue weighted by molar-refractivity contribution is -0.120. The van der Waals surface area contributed by atoms with Crippen molar-refractivity contribution in [3.8, 4) is 0 Å². The predicted molar refractivity (Wildman–Crippen MR) is 69.1 cm³/mol. The van der Waals surface area contributed by atoms with Gasteiger partial charge in [0.05, 0.1) is 0 Å². The van der Waals surface area contributed by atoms with E-state index in [1.165, 1.54) is 4.90 Å². The summed E-state index contributed by atoms with van der Waals surface area (Å²) in [5.74, 6) is 1.83. The molecule has 3 heteroatoms. The number of benzene rings is 1. The maximum Gasteiger partial charge on any atom is 0.136 e. The third kappa shape index (κ3) is 3.26. The normalized spacial score (nSPS) is 20.3. The third-order valence-corrected chi connectivity index (χ3v) is 4.28. The molecule has 16 heavy (non-hydrogen) atoms. The minimum absolute atomic E-state index is 0.333. The molecule has 1 aliphatic rings. The first-order valence-corrected chi connectivity index (χ1v) is 7.03. The van der Waals surface area contributed by atoms with Gasteiger partial charge in [0, 0.05) is 22.3 Å². The van der Waals surface area contributed by atoms with E-state index in [1.807, 2.05) is 36.0 Å². The average molecular weight is 255 g/mol. The monoisotopic (exact) mass is 254 g/mol. The van der Waals surface area contributed by atoms with E-state index in [2.05, 4.69) is 0 Å². The highest BCUT2D eigenvalue weighted by atomic mass is 35.5. The number of halogens is 1. The van der Waals surface area contributed by atoms with Crippen molar-refractivity contribution in [3.05, 3.63) is 29.3 Å². The molecule has 0 aliphatic heterocycles. The summed E-state index contributed by atoms with van der Waals surface area (Å²) >= 11 is 7.62. The van der Waals surface area contributed by atoms with E-state index in [0.29, 0.717) is 11.7 Å². The largest absolute Gasteiger partial charge is 0.299 e. The average Bonchev–Trinajstić information content (AvgIpc) is 2.68. The number of hydrogen-bond acceptors (Lipinski definition) is 2. The molecular weight excluding hydrogens is 240 g/mol. The van der Waals surface area contributed by atoms with Gasteiger partial charge in [-0.1, -0.05) is 11.6 Å². The summed E-state index contributed by atoms with van der Waals surface area (Å²) in [6.45, 7) is 0. The molecule has 1 fully saturated rings. The summed E-state index contributed by atoms with van der Waals surface area (Å²) in [6, 6.07) is 7.88. The van der Waals surface area contributed by atoms with Crippen molar-refractivity contribution >= 4 is 29.1 Å². The molecule has 0 spiro atoms. The Hall–Kier alpha value is -0.470. The Labute approximate surface area is 106 Å². The SMILES string of the molecule is O=C1CCC[C@@H]1CCSc1ccc(Cl)cc1. The van der Waals surface area contributed by atoms with Crippen LogP contribution in [-0.4, -0.2) is 11.5 Å². The number of carbonyl (C=O) groups excluding carboxylic acids is 1. The summed E-state index contributed by atoms with van der Waals surface area (Å²) in [5.41, 5.74) is 0. The summed E-state index contributed by atoms with van der Waals surface area (Å²) in [7, 11) is 0. The molecule has 86 valence electrons. The fraction of sp³-hybridized carbons (Fsp3) is 0.462. The number of ketones is 1. The standard InChI is InChI=1S/C13H15ClOS/c14-11-4-6-12(7-5-11)16-9-8-10-2-1-3-13(10)15/h4-7,10H,1-3,8-9H2/t10-/m1/s1. The molecule has 1 atom stereocenters. The molecule has 0 amide bonds. The van der Waals surface area contributed by atoms with E-state index >= 15 is 0 Å². The van der Waals surface area contributed by atoms with E-state index < -0.39 is 0 Å². The van der Waals surface area contributed by atoms with Crippen LogP contribution in [0.25, 0.3) is 0 Å². The molecule has 1 nitrogen and oxygen atoms in total. The quantitative estimate of drug-likeness (QED) is 0.750. The van der Waals surface area contributed by atoms with Crippen molar-refractivity contribution in [2.75, 3.05) is 5.75 Å². The highest BCUT2D eigenvalue weighted by Gasteiger charge is 2.23. The van der Waals surface area contributed by atoms with Gasteiger partial charge >= 0.3 is 0 Å². The van der Waals surface area contributed by atoms with Crippen LogP contribution in [0.5, 0.6) is 0 Å². The van der Waals surface area contributed by atoms with Crippen LogP contribution >= 0.6 is 23.4 Å². The fourth-order valence-electron chi connectivity index (χ4n) is 2.04. The minimum Gasteiger partial charge on any atom is -0.299 e. The molecule has 0 aromatic heterocycles. The first kappa shape index (κ1) is 12.0. The van der Waals surface area contributed by atoms with Crippen LogP contribution in [0.15, 0.2) is 29.2 Å². The summed E-state index contributed by atoms with van der Waals surface area (Å²) in [4.78, 5) is 12.7. The Kier molecular flexibility index (Phi) is 4.30. The molecule has 1 aromatic rings. The Balaban J connectivity index is 1.75. The summed E-state index contributed by atoms with van der Waals surface area (Å²) in [5, 5.41) is 0.773. The molecule has 0 heterocycles. The highest BCUT2D eigenvalue weighted by Crippen LogP contribution is 2.28. The molecule has 1 aromatic carbocycles. The molecular formula is C13H15ClOS. The zero-order valence-corrected chi connectivity index (χ0v) is 10.7. The van der Waals surface area contributed by atoms with E-state index in [9.17, 15) is 4.79 Å². The van der Waals surface area contributed by atoms with Crippen LogP contribution in [0.4, 0.5) is 0 Å². The van der Waals surface area contributed by atoms with Crippen LogP contribution in [0, 0.1) is 5.92 Å². The van der Waals surface area contributed by atoms with Crippen LogP contribution in [0.1, 0.15) is 25.7 Å². The molecule has 0 bridgehead atoms. The molecule has 1 aliphatic carbocycles. The topological polar surface area (TPSA) is 17.1 Å². The lowest BCUT2D eigenvalue weighted by Crippen LogP contribution is -2.06. The summed E-state index contributed by atoms with van der Waals surface area (Å²) in [6.07, 6.45) is 4.01. The number of hydrogen-bond donors (Lipinski definition) is 0. The van der Waals surface area contributed by atoms with Gasteiger partial charge in [-0.15, -0.1) is 11.8 Å². The second kappa shape index (κ2) is 5.74. The van der Waals surface area contributed by atoms with Crippen molar-refractivity contribution < 1.29 is 4.79 Å². The van der Waals surface area contributed by atoms with Crippen molar-refractivity contribution in [3.63, 3.8) is 0 Å². The second-order valence-corrected chi connectivity index (χ2v) is 5.75. The first-order valence-electron chi connectivity index (χ1n) is 5.67. The molecule has 0 radical (unpaired) electrons. The van der Waals surface area contributed by atoms with Crippen LogP contribution < -0.4 is 0 Å². The van der Waals surface area contributed by atoms with E-state index in [0.717, 1.165) is 36.5 Å². The van der Waals surface area contributed by atoms with Gasteiger partial charge in [0.25, 0.3) is 0 Å². The Morgan fingerprint density at radius 1 is 1.31 bits per heavy atom. The molecule has 0 unspecified atom stereocenters.